The molecule has 0 aliphatic carbocycles. The van der Waals surface area contributed by atoms with Gasteiger partial charge in [-0.1, -0.05) is 13.8 Å². The smallest absolute Gasteiger partial charge is 0.129 e. The van der Waals surface area contributed by atoms with Crippen LogP contribution in [0.1, 0.15) is 44.1 Å². The molecule has 2 rings (SSSR count). The van der Waals surface area contributed by atoms with Gasteiger partial charge in [-0.2, -0.15) is 0 Å². The van der Waals surface area contributed by atoms with Crippen molar-refractivity contribution in [3.8, 4) is 0 Å². The van der Waals surface area contributed by atoms with Crippen LogP contribution >= 0.6 is 0 Å². The molecule has 1 aliphatic heterocycles. The van der Waals surface area contributed by atoms with E-state index in [9.17, 15) is 0 Å². The minimum Gasteiger partial charge on any atom is -0.370 e. The molecule has 0 saturated carbocycles. The van der Waals surface area contributed by atoms with Crippen molar-refractivity contribution in [1.29, 1.82) is 0 Å². The number of rotatable bonds is 4. The molecular weight excluding hydrogens is 224 g/mol. The highest BCUT2D eigenvalue weighted by atomic mass is 15.0. The number of aryl methyl sites for hydroxylation is 1. The van der Waals surface area contributed by atoms with E-state index in [2.05, 4.69) is 40.5 Å². The zero-order valence-corrected chi connectivity index (χ0v) is 11.7. The number of hydrogen-bond donors (Lipinski definition) is 2. The normalized spacial score (nSPS) is 17.1. The summed E-state index contributed by atoms with van der Waals surface area (Å²) < 4.78 is 0. The summed E-state index contributed by atoms with van der Waals surface area (Å²) in [6.07, 6.45) is 2.52. The molecule has 1 aromatic rings. The van der Waals surface area contributed by atoms with Gasteiger partial charge in [0, 0.05) is 18.3 Å². The highest BCUT2D eigenvalue weighted by Crippen LogP contribution is 2.17. The number of anilines is 1. The fourth-order valence-electron chi connectivity index (χ4n) is 2.31. The standard InChI is InChI=1S/C14H24N4/c1-10(2)13-8-14(18-11(3)17-13)16-9-12-4-6-15-7-5-12/h8,10,12,15H,4-7,9H2,1-3H3,(H,16,17,18). The molecule has 1 aromatic heterocycles. The van der Waals surface area contributed by atoms with E-state index in [1.54, 1.807) is 0 Å². The van der Waals surface area contributed by atoms with Gasteiger partial charge in [-0.15, -0.1) is 0 Å². The Labute approximate surface area is 110 Å². The molecule has 0 aromatic carbocycles. The average Bonchev–Trinajstić information content (AvgIpc) is 2.37. The van der Waals surface area contributed by atoms with Crippen molar-refractivity contribution in [3.05, 3.63) is 17.6 Å². The quantitative estimate of drug-likeness (QED) is 0.858. The first-order valence-electron chi connectivity index (χ1n) is 6.95. The average molecular weight is 248 g/mol. The van der Waals surface area contributed by atoms with Crippen molar-refractivity contribution in [1.82, 2.24) is 15.3 Å². The molecule has 4 heteroatoms. The lowest BCUT2D eigenvalue weighted by Gasteiger charge is -2.23. The predicted molar refractivity (Wildman–Crippen MR) is 74.9 cm³/mol. The maximum atomic E-state index is 4.47. The van der Waals surface area contributed by atoms with E-state index in [4.69, 9.17) is 0 Å². The molecule has 0 atom stereocenters. The highest BCUT2D eigenvalue weighted by Gasteiger charge is 2.13. The number of nitrogens with one attached hydrogen (secondary N) is 2. The number of hydrogen-bond acceptors (Lipinski definition) is 4. The molecule has 1 aliphatic rings. The Balaban J connectivity index is 1.95. The van der Waals surface area contributed by atoms with Crippen molar-refractivity contribution >= 4 is 5.82 Å². The van der Waals surface area contributed by atoms with Crippen LogP contribution in [0.3, 0.4) is 0 Å². The Morgan fingerprint density at radius 2 is 2.06 bits per heavy atom. The third-order valence-corrected chi connectivity index (χ3v) is 3.48. The van der Waals surface area contributed by atoms with E-state index < -0.39 is 0 Å². The Kier molecular flexibility index (Phi) is 4.53. The van der Waals surface area contributed by atoms with Gasteiger partial charge < -0.3 is 10.6 Å². The maximum Gasteiger partial charge on any atom is 0.129 e. The molecule has 1 fully saturated rings. The number of nitrogens with zero attached hydrogens (tertiary/aromatic N) is 2. The third kappa shape index (κ3) is 3.67. The van der Waals surface area contributed by atoms with Crippen LogP contribution in [0.2, 0.25) is 0 Å². The summed E-state index contributed by atoms with van der Waals surface area (Å²) in [5.41, 5.74) is 1.12. The van der Waals surface area contributed by atoms with Crippen LogP contribution in [-0.4, -0.2) is 29.6 Å². The van der Waals surface area contributed by atoms with Crippen LogP contribution in [0.25, 0.3) is 0 Å². The maximum absolute atomic E-state index is 4.47. The molecule has 2 N–H and O–H groups in total. The molecule has 0 radical (unpaired) electrons. The first-order chi connectivity index (χ1) is 8.65. The molecule has 2 heterocycles. The van der Waals surface area contributed by atoms with Gasteiger partial charge in [0.25, 0.3) is 0 Å². The van der Waals surface area contributed by atoms with Crippen LogP contribution in [0.5, 0.6) is 0 Å². The van der Waals surface area contributed by atoms with E-state index in [1.165, 1.54) is 12.8 Å². The van der Waals surface area contributed by atoms with Crippen LogP contribution in [-0.2, 0) is 0 Å². The lowest BCUT2D eigenvalue weighted by Crippen LogP contribution is -2.31. The Morgan fingerprint density at radius 3 is 2.72 bits per heavy atom. The summed E-state index contributed by atoms with van der Waals surface area (Å²) in [5, 5.41) is 6.86. The zero-order valence-electron chi connectivity index (χ0n) is 11.7. The van der Waals surface area contributed by atoms with Crippen molar-refractivity contribution in [2.75, 3.05) is 25.0 Å². The number of piperidine rings is 1. The van der Waals surface area contributed by atoms with Crippen molar-refractivity contribution in [3.63, 3.8) is 0 Å². The Hall–Kier alpha value is -1.16. The second kappa shape index (κ2) is 6.14. The SMILES string of the molecule is Cc1nc(NCC2CCNCC2)cc(C(C)C)n1. The first-order valence-corrected chi connectivity index (χ1v) is 6.95. The van der Waals surface area contributed by atoms with Crippen molar-refractivity contribution in [2.45, 2.75) is 39.5 Å². The predicted octanol–water partition coefficient (Wildman–Crippen LogP) is 2.32. The van der Waals surface area contributed by atoms with Gasteiger partial charge in [0.2, 0.25) is 0 Å². The fraction of sp³-hybridized carbons (Fsp3) is 0.714. The van der Waals surface area contributed by atoms with Gasteiger partial charge in [-0.25, -0.2) is 9.97 Å². The summed E-state index contributed by atoms with van der Waals surface area (Å²) in [7, 11) is 0. The van der Waals surface area contributed by atoms with Gasteiger partial charge in [-0.05, 0) is 44.7 Å². The van der Waals surface area contributed by atoms with E-state index in [0.717, 1.165) is 42.9 Å². The zero-order chi connectivity index (χ0) is 13.0. The van der Waals surface area contributed by atoms with Gasteiger partial charge in [0.15, 0.2) is 0 Å². The molecule has 0 bridgehead atoms. The summed E-state index contributed by atoms with van der Waals surface area (Å²) >= 11 is 0. The lowest BCUT2D eigenvalue weighted by molar-refractivity contribution is 0.389. The molecule has 0 spiro atoms. The molecule has 18 heavy (non-hydrogen) atoms. The first kappa shape index (κ1) is 13.3. The van der Waals surface area contributed by atoms with Crippen LogP contribution < -0.4 is 10.6 Å². The van der Waals surface area contributed by atoms with Crippen molar-refractivity contribution < 1.29 is 0 Å². The van der Waals surface area contributed by atoms with Gasteiger partial charge in [0.05, 0.1) is 0 Å². The van der Waals surface area contributed by atoms with Gasteiger partial charge in [-0.3, -0.25) is 0 Å². The Morgan fingerprint density at radius 1 is 1.33 bits per heavy atom. The topological polar surface area (TPSA) is 49.8 Å². The monoisotopic (exact) mass is 248 g/mol. The molecule has 4 nitrogen and oxygen atoms in total. The Bertz CT molecular complexity index is 383. The summed E-state index contributed by atoms with van der Waals surface area (Å²) in [6.45, 7) is 9.60. The molecule has 0 amide bonds. The lowest BCUT2D eigenvalue weighted by atomic mass is 9.98. The third-order valence-electron chi connectivity index (χ3n) is 3.48. The van der Waals surface area contributed by atoms with Gasteiger partial charge >= 0.3 is 0 Å². The fourth-order valence-corrected chi connectivity index (χ4v) is 2.31. The van der Waals surface area contributed by atoms with Crippen LogP contribution in [0.4, 0.5) is 5.82 Å². The highest BCUT2D eigenvalue weighted by molar-refractivity contribution is 5.36. The van der Waals surface area contributed by atoms with Crippen molar-refractivity contribution in [2.24, 2.45) is 5.92 Å². The molecular formula is C14H24N4. The number of aromatic nitrogens is 2. The largest absolute Gasteiger partial charge is 0.370 e. The molecule has 100 valence electrons. The van der Waals surface area contributed by atoms with E-state index in [1.807, 2.05) is 6.92 Å². The molecule has 1 saturated heterocycles. The minimum atomic E-state index is 0.450. The van der Waals surface area contributed by atoms with Crippen LogP contribution in [0, 0.1) is 12.8 Å². The van der Waals surface area contributed by atoms with Crippen LogP contribution in [0.15, 0.2) is 6.07 Å². The van der Waals surface area contributed by atoms with Gasteiger partial charge in [0.1, 0.15) is 11.6 Å². The minimum absolute atomic E-state index is 0.450. The second-order valence-corrected chi connectivity index (χ2v) is 5.45. The molecule has 0 unspecified atom stereocenters. The van der Waals surface area contributed by atoms with E-state index in [-0.39, 0.29) is 0 Å². The summed E-state index contributed by atoms with van der Waals surface area (Å²) in [6, 6.07) is 2.08. The van der Waals surface area contributed by atoms with E-state index in [0.29, 0.717) is 5.92 Å². The summed E-state index contributed by atoms with van der Waals surface area (Å²) in [5.74, 6) is 3.05. The van der Waals surface area contributed by atoms with E-state index >= 15 is 0 Å². The summed E-state index contributed by atoms with van der Waals surface area (Å²) in [4.78, 5) is 8.93. The second-order valence-electron chi connectivity index (χ2n) is 5.45.